The molecule has 7 heteroatoms. The van der Waals surface area contributed by atoms with Gasteiger partial charge in [-0.1, -0.05) is 17.7 Å². The Morgan fingerprint density at radius 1 is 1.12 bits per heavy atom. The average molecular weight is 372 g/mol. The molecule has 0 fully saturated rings. The number of amides is 1. The van der Waals surface area contributed by atoms with E-state index in [1.807, 2.05) is 0 Å². The summed E-state index contributed by atoms with van der Waals surface area (Å²) in [6.07, 6.45) is 1.43. The number of hydrogen-bond acceptors (Lipinski definition) is 4. The summed E-state index contributed by atoms with van der Waals surface area (Å²) in [5.74, 6) is 0.360. The number of methoxy groups -OCH3 is 1. The summed E-state index contributed by atoms with van der Waals surface area (Å²) in [6.45, 7) is 0. The zero-order valence-corrected chi connectivity index (χ0v) is 14.5. The van der Waals surface area contributed by atoms with E-state index in [2.05, 4.69) is 15.6 Å². The second-order valence-corrected chi connectivity index (χ2v) is 5.78. The molecule has 2 aromatic carbocycles. The van der Waals surface area contributed by atoms with Crippen molar-refractivity contribution in [1.29, 1.82) is 0 Å². The zero-order valence-electron chi connectivity index (χ0n) is 13.8. The van der Waals surface area contributed by atoms with E-state index in [1.165, 1.54) is 25.4 Å². The first kappa shape index (κ1) is 17.7. The van der Waals surface area contributed by atoms with Crippen LogP contribution in [0.25, 0.3) is 0 Å². The van der Waals surface area contributed by atoms with Crippen LogP contribution in [0.4, 0.5) is 21.6 Å². The highest BCUT2D eigenvalue weighted by atomic mass is 35.5. The molecule has 1 amide bonds. The van der Waals surface area contributed by atoms with Gasteiger partial charge in [-0.05, 0) is 48.5 Å². The fourth-order valence-corrected chi connectivity index (χ4v) is 2.52. The van der Waals surface area contributed by atoms with Crippen molar-refractivity contribution in [2.75, 3.05) is 17.7 Å². The van der Waals surface area contributed by atoms with Crippen LogP contribution >= 0.6 is 11.6 Å². The topological polar surface area (TPSA) is 63.2 Å². The highest BCUT2D eigenvalue weighted by molar-refractivity contribution is 6.32. The van der Waals surface area contributed by atoms with E-state index in [9.17, 15) is 9.18 Å². The van der Waals surface area contributed by atoms with E-state index in [0.29, 0.717) is 33.5 Å². The minimum absolute atomic E-state index is 0.323. The van der Waals surface area contributed by atoms with Crippen molar-refractivity contribution in [1.82, 2.24) is 4.98 Å². The Balaban J connectivity index is 1.68. The van der Waals surface area contributed by atoms with Crippen molar-refractivity contribution in [3.63, 3.8) is 0 Å². The summed E-state index contributed by atoms with van der Waals surface area (Å²) in [7, 11) is 1.52. The molecule has 0 spiro atoms. The molecule has 0 radical (unpaired) electrons. The van der Waals surface area contributed by atoms with Crippen molar-refractivity contribution in [3.8, 4) is 5.75 Å². The smallest absolute Gasteiger partial charge is 0.257 e. The van der Waals surface area contributed by atoms with Crippen LogP contribution in [-0.2, 0) is 0 Å². The molecule has 0 bridgehead atoms. The number of hydrogen-bond donors (Lipinski definition) is 2. The van der Waals surface area contributed by atoms with E-state index in [4.69, 9.17) is 16.3 Å². The summed E-state index contributed by atoms with van der Waals surface area (Å²) >= 11 is 6.04. The number of aromatic nitrogens is 1. The van der Waals surface area contributed by atoms with Crippen LogP contribution in [0.5, 0.6) is 5.75 Å². The first-order chi connectivity index (χ1) is 12.5. The van der Waals surface area contributed by atoms with Crippen molar-refractivity contribution in [3.05, 3.63) is 77.2 Å². The van der Waals surface area contributed by atoms with Crippen molar-refractivity contribution < 1.29 is 13.9 Å². The number of benzene rings is 2. The molecular formula is C19H15ClFN3O2. The fourth-order valence-electron chi connectivity index (χ4n) is 2.26. The number of halogens is 2. The zero-order chi connectivity index (χ0) is 18.5. The molecule has 0 unspecified atom stereocenters. The van der Waals surface area contributed by atoms with Gasteiger partial charge < -0.3 is 15.4 Å². The Morgan fingerprint density at radius 2 is 1.96 bits per heavy atom. The van der Waals surface area contributed by atoms with E-state index in [0.717, 1.165) is 0 Å². The Hall–Kier alpha value is -3.12. The molecule has 0 aliphatic carbocycles. The summed E-state index contributed by atoms with van der Waals surface area (Å²) in [5, 5.41) is 6.11. The molecule has 5 nitrogen and oxygen atoms in total. The second kappa shape index (κ2) is 7.84. The monoisotopic (exact) mass is 371 g/mol. The molecule has 0 saturated carbocycles. The minimum Gasteiger partial charge on any atom is -0.495 e. The number of carbonyl (C=O) groups excluding carboxylic acids is 1. The standard InChI is InChI=1S/C19H15ClFN3O2/c1-26-17-7-6-15(10-16(17)20)24-19(25)12-5-8-18(22-11-12)23-14-4-2-3-13(21)9-14/h2-11H,1H3,(H,22,23)(H,24,25). The molecule has 0 atom stereocenters. The number of carbonyl (C=O) groups is 1. The Morgan fingerprint density at radius 3 is 2.62 bits per heavy atom. The van der Waals surface area contributed by atoms with Crippen molar-refractivity contribution in [2.24, 2.45) is 0 Å². The minimum atomic E-state index is -0.343. The first-order valence-corrected chi connectivity index (χ1v) is 8.06. The number of ether oxygens (including phenoxy) is 1. The molecule has 0 saturated heterocycles. The van der Waals surface area contributed by atoms with Gasteiger partial charge in [0.25, 0.3) is 5.91 Å². The third kappa shape index (κ3) is 4.29. The van der Waals surface area contributed by atoms with Gasteiger partial charge in [0.2, 0.25) is 0 Å². The Bertz CT molecular complexity index is 932. The Kier molecular flexibility index (Phi) is 5.34. The quantitative estimate of drug-likeness (QED) is 0.671. The second-order valence-electron chi connectivity index (χ2n) is 5.37. The molecular weight excluding hydrogens is 357 g/mol. The van der Waals surface area contributed by atoms with Crippen LogP contribution < -0.4 is 15.4 Å². The molecule has 3 rings (SSSR count). The highest BCUT2D eigenvalue weighted by Crippen LogP contribution is 2.27. The van der Waals surface area contributed by atoms with Gasteiger partial charge in [0.1, 0.15) is 17.4 Å². The van der Waals surface area contributed by atoms with Crippen LogP contribution in [0.1, 0.15) is 10.4 Å². The molecule has 1 heterocycles. The molecule has 0 aliphatic rings. The third-order valence-electron chi connectivity index (χ3n) is 3.53. The van der Waals surface area contributed by atoms with Gasteiger partial charge in [0, 0.05) is 17.6 Å². The van der Waals surface area contributed by atoms with Gasteiger partial charge in [-0.15, -0.1) is 0 Å². The number of pyridine rings is 1. The van der Waals surface area contributed by atoms with Crippen molar-refractivity contribution >= 4 is 34.7 Å². The highest BCUT2D eigenvalue weighted by Gasteiger charge is 2.09. The molecule has 132 valence electrons. The van der Waals surface area contributed by atoms with Gasteiger partial charge in [0.15, 0.2) is 0 Å². The summed E-state index contributed by atoms with van der Waals surface area (Å²) in [4.78, 5) is 16.5. The lowest BCUT2D eigenvalue weighted by Gasteiger charge is -2.09. The molecule has 1 aromatic heterocycles. The average Bonchev–Trinajstić information content (AvgIpc) is 2.62. The maximum atomic E-state index is 13.2. The molecule has 0 aliphatic heterocycles. The van der Waals surface area contributed by atoms with Gasteiger partial charge in [-0.2, -0.15) is 0 Å². The lowest BCUT2D eigenvalue weighted by atomic mass is 10.2. The van der Waals surface area contributed by atoms with Crippen molar-refractivity contribution in [2.45, 2.75) is 0 Å². The lowest BCUT2D eigenvalue weighted by Crippen LogP contribution is -2.12. The van der Waals surface area contributed by atoms with Crippen LogP contribution in [0, 0.1) is 5.82 Å². The predicted octanol–water partition coefficient (Wildman–Crippen LogP) is 4.88. The van der Waals surface area contributed by atoms with Gasteiger partial charge >= 0.3 is 0 Å². The SMILES string of the molecule is COc1ccc(NC(=O)c2ccc(Nc3cccc(F)c3)nc2)cc1Cl. The number of anilines is 3. The van der Waals surface area contributed by atoms with E-state index in [1.54, 1.807) is 42.5 Å². The molecule has 2 N–H and O–H groups in total. The van der Waals surface area contributed by atoms with Crippen LogP contribution in [0.3, 0.4) is 0 Å². The number of nitrogens with zero attached hydrogens (tertiary/aromatic N) is 1. The summed E-state index contributed by atoms with van der Waals surface area (Å²) < 4.78 is 18.3. The number of rotatable bonds is 5. The van der Waals surface area contributed by atoms with Gasteiger partial charge in [-0.3, -0.25) is 4.79 Å². The first-order valence-electron chi connectivity index (χ1n) is 7.69. The lowest BCUT2D eigenvalue weighted by molar-refractivity contribution is 0.102. The van der Waals surface area contributed by atoms with Gasteiger partial charge in [-0.25, -0.2) is 9.37 Å². The summed E-state index contributed by atoms with van der Waals surface area (Å²) in [5.41, 5.74) is 1.49. The van der Waals surface area contributed by atoms with Gasteiger partial charge in [0.05, 0.1) is 17.7 Å². The Labute approximate surface area is 154 Å². The molecule has 3 aromatic rings. The van der Waals surface area contributed by atoms with Crippen LogP contribution in [0.15, 0.2) is 60.8 Å². The van der Waals surface area contributed by atoms with E-state index < -0.39 is 0 Å². The van der Waals surface area contributed by atoms with Crippen LogP contribution in [0.2, 0.25) is 5.02 Å². The predicted molar refractivity (Wildman–Crippen MR) is 99.9 cm³/mol. The maximum absolute atomic E-state index is 13.2. The largest absolute Gasteiger partial charge is 0.495 e. The van der Waals surface area contributed by atoms with Crippen LogP contribution in [-0.4, -0.2) is 18.0 Å². The normalized spacial score (nSPS) is 10.3. The number of nitrogens with one attached hydrogen (secondary N) is 2. The summed E-state index contributed by atoms with van der Waals surface area (Å²) in [6, 6.07) is 14.3. The molecule has 26 heavy (non-hydrogen) atoms. The third-order valence-corrected chi connectivity index (χ3v) is 3.83. The maximum Gasteiger partial charge on any atom is 0.257 e. The van der Waals surface area contributed by atoms with E-state index >= 15 is 0 Å². The van der Waals surface area contributed by atoms with E-state index in [-0.39, 0.29) is 11.7 Å². The fraction of sp³-hybridized carbons (Fsp3) is 0.0526.